The fraction of sp³-hybridized carbons (Fsp3) is 0.583. The molecule has 0 aliphatic heterocycles. The first-order chi connectivity index (χ1) is 7.65. The molecule has 1 heterocycles. The van der Waals surface area contributed by atoms with Gasteiger partial charge in [0.05, 0.1) is 0 Å². The molecule has 1 aromatic heterocycles. The fourth-order valence-electron chi connectivity index (χ4n) is 1.62. The van der Waals surface area contributed by atoms with Crippen LogP contribution in [0.1, 0.15) is 26.7 Å². The standard InChI is InChI=1S/C12H19BrN2S/c1-4-12(5-2,16-3)9-14-11-8-6-7-10(13)15-11/h6-8H,4-5,9H2,1-3H3,(H,14,15). The summed E-state index contributed by atoms with van der Waals surface area (Å²) >= 11 is 5.32. The monoisotopic (exact) mass is 302 g/mol. The van der Waals surface area contributed by atoms with Gasteiger partial charge < -0.3 is 5.32 Å². The Labute approximate surface area is 111 Å². The molecule has 1 aromatic rings. The summed E-state index contributed by atoms with van der Waals surface area (Å²) in [6, 6.07) is 5.94. The van der Waals surface area contributed by atoms with Crippen molar-refractivity contribution in [3.05, 3.63) is 22.8 Å². The lowest BCUT2D eigenvalue weighted by Gasteiger charge is -2.30. The third-order valence-corrected chi connectivity index (χ3v) is 5.06. The Hall–Kier alpha value is -0.220. The summed E-state index contributed by atoms with van der Waals surface area (Å²) in [6.07, 6.45) is 4.53. The first-order valence-electron chi connectivity index (χ1n) is 5.57. The maximum atomic E-state index is 4.38. The molecule has 0 spiro atoms. The molecule has 1 N–H and O–H groups in total. The van der Waals surface area contributed by atoms with Crippen molar-refractivity contribution in [2.24, 2.45) is 0 Å². The molecule has 0 saturated heterocycles. The van der Waals surface area contributed by atoms with E-state index in [1.165, 1.54) is 12.8 Å². The quantitative estimate of drug-likeness (QED) is 0.798. The van der Waals surface area contributed by atoms with Crippen LogP contribution in [0.25, 0.3) is 0 Å². The number of hydrogen-bond donors (Lipinski definition) is 1. The van der Waals surface area contributed by atoms with Crippen molar-refractivity contribution in [2.75, 3.05) is 18.1 Å². The van der Waals surface area contributed by atoms with Gasteiger partial charge in [-0.3, -0.25) is 0 Å². The van der Waals surface area contributed by atoms with Gasteiger partial charge in [0, 0.05) is 11.3 Å². The van der Waals surface area contributed by atoms with Gasteiger partial charge in [-0.15, -0.1) is 0 Å². The first kappa shape index (κ1) is 13.8. The molecule has 0 fully saturated rings. The second-order valence-corrected chi connectivity index (χ2v) is 5.88. The average Bonchev–Trinajstić information content (AvgIpc) is 2.32. The molecule has 2 nitrogen and oxygen atoms in total. The van der Waals surface area contributed by atoms with Crippen molar-refractivity contribution in [3.8, 4) is 0 Å². The second kappa shape index (κ2) is 6.50. The van der Waals surface area contributed by atoms with Gasteiger partial charge in [-0.2, -0.15) is 11.8 Å². The molecule has 0 saturated carbocycles. The summed E-state index contributed by atoms with van der Waals surface area (Å²) < 4.78 is 1.20. The Morgan fingerprint density at radius 1 is 1.38 bits per heavy atom. The SMILES string of the molecule is CCC(CC)(CNc1cccc(Br)n1)SC. The lowest BCUT2D eigenvalue weighted by Crippen LogP contribution is -2.32. The van der Waals surface area contributed by atoms with E-state index in [1.54, 1.807) is 0 Å². The Morgan fingerprint density at radius 2 is 2.06 bits per heavy atom. The summed E-state index contributed by atoms with van der Waals surface area (Å²) in [5.74, 6) is 0.940. The Balaban J connectivity index is 2.62. The Bertz CT molecular complexity index is 318. The number of halogens is 1. The number of nitrogens with one attached hydrogen (secondary N) is 1. The molecule has 0 amide bonds. The molecule has 1 rings (SSSR count). The number of hydrogen-bond acceptors (Lipinski definition) is 3. The molecule has 4 heteroatoms. The molecule has 0 aliphatic rings. The van der Waals surface area contributed by atoms with E-state index in [-0.39, 0.29) is 0 Å². The number of rotatable bonds is 6. The molecule has 16 heavy (non-hydrogen) atoms. The number of anilines is 1. The zero-order valence-corrected chi connectivity index (χ0v) is 12.5. The van der Waals surface area contributed by atoms with Gasteiger partial charge in [-0.25, -0.2) is 4.98 Å². The number of pyridine rings is 1. The van der Waals surface area contributed by atoms with Gasteiger partial charge in [0.15, 0.2) is 0 Å². The lowest BCUT2D eigenvalue weighted by atomic mass is 10.0. The lowest BCUT2D eigenvalue weighted by molar-refractivity contribution is 0.574. The van der Waals surface area contributed by atoms with E-state index in [0.29, 0.717) is 4.75 Å². The zero-order chi connectivity index (χ0) is 12.0. The minimum Gasteiger partial charge on any atom is -0.369 e. The highest BCUT2D eigenvalue weighted by Crippen LogP contribution is 2.30. The van der Waals surface area contributed by atoms with Crippen molar-refractivity contribution in [2.45, 2.75) is 31.4 Å². The van der Waals surface area contributed by atoms with Crippen LogP contribution < -0.4 is 5.32 Å². The number of aromatic nitrogens is 1. The van der Waals surface area contributed by atoms with Crippen LogP contribution in [0.15, 0.2) is 22.8 Å². The van der Waals surface area contributed by atoms with Gasteiger partial charge in [0.2, 0.25) is 0 Å². The van der Waals surface area contributed by atoms with Crippen LogP contribution in [0, 0.1) is 0 Å². The predicted molar refractivity (Wildman–Crippen MR) is 77.3 cm³/mol. The molecule has 0 aliphatic carbocycles. The minimum absolute atomic E-state index is 0.323. The van der Waals surface area contributed by atoms with Gasteiger partial charge in [-0.1, -0.05) is 19.9 Å². The summed E-state index contributed by atoms with van der Waals surface area (Å²) in [4.78, 5) is 4.38. The summed E-state index contributed by atoms with van der Waals surface area (Å²) in [5.41, 5.74) is 0. The van der Waals surface area contributed by atoms with Crippen LogP contribution in [0.5, 0.6) is 0 Å². The third-order valence-electron chi connectivity index (χ3n) is 3.03. The summed E-state index contributed by atoms with van der Waals surface area (Å²) in [6.45, 7) is 5.46. The largest absolute Gasteiger partial charge is 0.369 e. The van der Waals surface area contributed by atoms with E-state index in [9.17, 15) is 0 Å². The van der Waals surface area contributed by atoms with Crippen LogP contribution in [-0.2, 0) is 0 Å². The summed E-state index contributed by atoms with van der Waals surface area (Å²) in [7, 11) is 0. The molecule has 0 bridgehead atoms. The van der Waals surface area contributed by atoms with Gasteiger partial charge in [-0.05, 0) is 47.2 Å². The molecule has 0 radical (unpaired) electrons. The van der Waals surface area contributed by atoms with Gasteiger partial charge in [0.25, 0.3) is 0 Å². The molecular weight excluding hydrogens is 284 g/mol. The zero-order valence-electron chi connectivity index (χ0n) is 10.1. The van der Waals surface area contributed by atoms with Crippen LogP contribution >= 0.6 is 27.7 Å². The molecule has 90 valence electrons. The van der Waals surface area contributed by atoms with Crippen LogP contribution in [0.4, 0.5) is 5.82 Å². The maximum Gasteiger partial charge on any atom is 0.127 e. The van der Waals surface area contributed by atoms with Crippen molar-refractivity contribution < 1.29 is 0 Å². The topological polar surface area (TPSA) is 24.9 Å². The van der Waals surface area contributed by atoms with Crippen molar-refractivity contribution in [3.63, 3.8) is 0 Å². The Kier molecular flexibility index (Phi) is 5.62. The van der Waals surface area contributed by atoms with Crippen LogP contribution in [0.2, 0.25) is 0 Å². The van der Waals surface area contributed by atoms with Crippen molar-refractivity contribution in [1.29, 1.82) is 0 Å². The number of thioether (sulfide) groups is 1. The fourth-order valence-corrected chi connectivity index (χ4v) is 2.76. The highest BCUT2D eigenvalue weighted by atomic mass is 79.9. The molecular formula is C12H19BrN2S. The maximum absolute atomic E-state index is 4.38. The highest BCUT2D eigenvalue weighted by molar-refractivity contribution is 9.10. The second-order valence-electron chi connectivity index (χ2n) is 3.79. The minimum atomic E-state index is 0.323. The number of nitrogens with zero attached hydrogens (tertiary/aromatic N) is 1. The van der Waals surface area contributed by atoms with Crippen LogP contribution in [0.3, 0.4) is 0 Å². The summed E-state index contributed by atoms with van der Waals surface area (Å²) in [5, 5.41) is 3.42. The smallest absolute Gasteiger partial charge is 0.127 e. The van der Waals surface area contributed by atoms with Crippen molar-refractivity contribution in [1.82, 2.24) is 4.98 Å². The third kappa shape index (κ3) is 3.67. The highest BCUT2D eigenvalue weighted by Gasteiger charge is 2.24. The van der Waals surface area contributed by atoms with E-state index >= 15 is 0 Å². The van der Waals surface area contributed by atoms with E-state index in [1.807, 2.05) is 30.0 Å². The average molecular weight is 303 g/mol. The van der Waals surface area contributed by atoms with Gasteiger partial charge in [0.1, 0.15) is 10.4 Å². The Morgan fingerprint density at radius 3 is 2.56 bits per heavy atom. The molecule has 0 aromatic carbocycles. The first-order valence-corrected chi connectivity index (χ1v) is 7.59. The van der Waals surface area contributed by atoms with Crippen LogP contribution in [-0.4, -0.2) is 22.5 Å². The van der Waals surface area contributed by atoms with Gasteiger partial charge >= 0.3 is 0 Å². The van der Waals surface area contributed by atoms with E-state index in [0.717, 1.165) is 17.0 Å². The molecule has 0 atom stereocenters. The molecule has 0 unspecified atom stereocenters. The predicted octanol–water partition coefficient (Wildman–Crippen LogP) is 4.18. The van der Waals surface area contributed by atoms with E-state index in [4.69, 9.17) is 0 Å². The van der Waals surface area contributed by atoms with E-state index in [2.05, 4.69) is 46.3 Å². The van der Waals surface area contributed by atoms with Crippen molar-refractivity contribution >= 4 is 33.5 Å². The normalized spacial score (nSPS) is 11.5. The van der Waals surface area contributed by atoms with E-state index < -0.39 is 0 Å².